The third-order valence-corrected chi connectivity index (χ3v) is 10.4. The summed E-state index contributed by atoms with van der Waals surface area (Å²) >= 11 is 1.84. The van der Waals surface area contributed by atoms with Gasteiger partial charge in [-0.3, -0.25) is 4.57 Å². The highest BCUT2D eigenvalue weighted by molar-refractivity contribution is 7.25. The lowest BCUT2D eigenvalue weighted by molar-refractivity contribution is 1.03. The van der Waals surface area contributed by atoms with Gasteiger partial charge < -0.3 is 0 Å². The first-order valence-electron chi connectivity index (χ1n) is 16.6. The molecule has 10 aromatic rings. The van der Waals surface area contributed by atoms with Crippen molar-refractivity contribution in [1.82, 2.24) is 24.5 Å². The van der Waals surface area contributed by atoms with Gasteiger partial charge >= 0.3 is 0 Å². The Kier molecular flexibility index (Phi) is 6.60. The van der Waals surface area contributed by atoms with Crippen LogP contribution in [0.4, 0.5) is 0 Å². The van der Waals surface area contributed by atoms with Crippen molar-refractivity contribution in [3.63, 3.8) is 0 Å². The Morgan fingerprint density at radius 1 is 0.360 bits per heavy atom. The Hall–Kier alpha value is -6.50. The van der Waals surface area contributed by atoms with Gasteiger partial charge in [0.05, 0.1) is 11.0 Å². The van der Waals surface area contributed by atoms with E-state index in [0.29, 0.717) is 23.2 Å². The quantitative estimate of drug-likeness (QED) is 0.185. The standard InChI is InChI=1S/C44H27N5S/c1-3-12-28(13-4-1)42-46-43(29-14-5-2-6-15-29)48-44(47-42)36-18-11-21-41(45-36)49-37-19-9-7-16-32(37)33-24-22-31(27-38(33)49)30-23-25-40-35(26-30)34-17-8-10-20-39(34)50-40/h1-27H. The van der Waals surface area contributed by atoms with E-state index in [1.807, 2.05) is 84.1 Å². The minimum absolute atomic E-state index is 0.525. The molecule has 0 aliphatic carbocycles. The van der Waals surface area contributed by atoms with Crippen molar-refractivity contribution in [3.8, 4) is 51.2 Å². The molecule has 0 aliphatic rings. The number of rotatable bonds is 5. The summed E-state index contributed by atoms with van der Waals surface area (Å²) in [7, 11) is 0. The van der Waals surface area contributed by atoms with Gasteiger partial charge in [-0.15, -0.1) is 11.3 Å². The van der Waals surface area contributed by atoms with E-state index < -0.39 is 0 Å². The summed E-state index contributed by atoms with van der Waals surface area (Å²) in [5.41, 5.74) is 7.06. The molecule has 5 nitrogen and oxygen atoms in total. The van der Waals surface area contributed by atoms with Crippen LogP contribution in [0, 0.1) is 0 Å². The molecule has 10 rings (SSSR count). The molecule has 0 unspecified atom stereocenters. The zero-order valence-electron chi connectivity index (χ0n) is 26.7. The molecule has 234 valence electrons. The summed E-state index contributed by atoms with van der Waals surface area (Å²) in [5, 5.41) is 4.95. The molecular weight excluding hydrogens is 631 g/mol. The van der Waals surface area contributed by atoms with E-state index in [4.69, 9.17) is 19.9 Å². The van der Waals surface area contributed by atoms with Crippen LogP contribution in [0.25, 0.3) is 93.2 Å². The van der Waals surface area contributed by atoms with E-state index in [-0.39, 0.29) is 0 Å². The second kappa shape index (κ2) is 11.6. The first-order chi connectivity index (χ1) is 24.8. The van der Waals surface area contributed by atoms with Crippen molar-refractivity contribution in [2.75, 3.05) is 0 Å². The number of hydrogen-bond acceptors (Lipinski definition) is 5. The molecule has 0 spiro atoms. The van der Waals surface area contributed by atoms with Crippen molar-refractivity contribution < 1.29 is 0 Å². The molecular formula is C44H27N5S. The van der Waals surface area contributed by atoms with Crippen molar-refractivity contribution in [2.45, 2.75) is 0 Å². The van der Waals surface area contributed by atoms with Crippen LogP contribution in [0.2, 0.25) is 0 Å². The Balaban J connectivity index is 1.15. The molecule has 0 bridgehead atoms. The fraction of sp³-hybridized carbons (Fsp3) is 0. The van der Waals surface area contributed by atoms with Crippen LogP contribution in [-0.4, -0.2) is 24.5 Å². The van der Waals surface area contributed by atoms with E-state index in [9.17, 15) is 0 Å². The second-order valence-corrected chi connectivity index (χ2v) is 13.4. The third kappa shape index (κ3) is 4.77. The molecule has 0 saturated carbocycles. The van der Waals surface area contributed by atoms with E-state index in [0.717, 1.165) is 33.5 Å². The van der Waals surface area contributed by atoms with Crippen molar-refractivity contribution >= 4 is 53.3 Å². The minimum atomic E-state index is 0.525. The number of pyridine rings is 1. The zero-order valence-corrected chi connectivity index (χ0v) is 27.5. The summed E-state index contributed by atoms with van der Waals surface area (Å²) in [6.45, 7) is 0. The average Bonchev–Trinajstić information content (AvgIpc) is 3.73. The van der Waals surface area contributed by atoms with Crippen molar-refractivity contribution in [1.29, 1.82) is 0 Å². The van der Waals surface area contributed by atoms with Crippen LogP contribution in [0.1, 0.15) is 0 Å². The van der Waals surface area contributed by atoms with E-state index in [1.54, 1.807) is 0 Å². The van der Waals surface area contributed by atoms with E-state index in [1.165, 1.54) is 36.5 Å². The minimum Gasteiger partial charge on any atom is -0.294 e. The lowest BCUT2D eigenvalue weighted by Crippen LogP contribution is -2.03. The Labute approximate surface area is 291 Å². The Morgan fingerprint density at radius 3 is 1.74 bits per heavy atom. The predicted octanol–water partition coefficient (Wildman–Crippen LogP) is 11.4. The largest absolute Gasteiger partial charge is 0.294 e. The van der Waals surface area contributed by atoms with Crippen LogP contribution < -0.4 is 0 Å². The van der Waals surface area contributed by atoms with Crippen molar-refractivity contribution in [2.24, 2.45) is 0 Å². The zero-order chi connectivity index (χ0) is 33.0. The van der Waals surface area contributed by atoms with Crippen LogP contribution >= 0.6 is 11.3 Å². The predicted molar refractivity (Wildman–Crippen MR) is 207 cm³/mol. The molecule has 0 aliphatic heterocycles. The molecule has 6 aromatic carbocycles. The van der Waals surface area contributed by atoms with Gasteiger partial charge in [-0.2, -0.15) is 0 Å². The number of para-hydroxylation sites is 1. The molecule has 0 amide bonds. The van der Waals surface area contributed by atoms with Crippen molar-refractivity contribution in [3.05, 3.63) is 164 Å². The molecule has 50 heavy (non-hydrogen) atoms. The lowest BCUT2D eigenvalue weighted by Gasteiger charge is -2.11. The van der Waals surface area contributed by atoms with Gasteiger partial charge in [-0.1, -0.05) is 121 Å². The number of aromatic nitrogens is 5. The fourth-order valence-electron chi connectivity index (χ4n) is 6.90. The van der Waals surface area contributed by atoms with Gasteiger partial charge in [-0.05, 0) is 53.6 Å². The smallest absolute Gasteiger partial charge is 0.182 e. The highest BCUT2D eigenvalue weighted by Gasteiger charge is 2.17. The Bertz CT molecular complexity index is 2820. The molecule has 4 heterocycles. The number of hydrogen-bond donors (Lipinski definition) is 0. The number of fused-ring (bicyclic) bond motifs is 6. The monoisotopic (exact) mass is 657 g/mol. The van der Waals surface area contributed by atoms with Gasteiger partial charge in [-0.25, -0.2) is 19.9 Å². The summed E-state index contributed by atoms with van der Waals surface area (Å²) in [5.74, 6) is 2.54. The lowest BCUT2D eigenvalue weighted by atomic mass is 10.0. The molecule has 0 fully saturated rings. The van der Waals surface area contributed by atoms with E-state index in [2.05, 4.69) is 95.6 Å². The highest BCUT2D eigenvalue weighted by Crippen LogP contribution is 2.39. The maximum Gasteiger partial charge on any atom is 0.182 e. The molecule has 0 radical (unpaired) electrons. The SMILES string of the molecule is c1ccc(-c2nc(-c3ccccc3)nc(-c3cccc(-n4c5ccccc5c5ccc(-c6ccc7sc8ccccc8c7c6)cc54)n3)n2)cc1. The number of benzene rings is 6. The fourth-order valence-corrected chi connectivity index (χ4v) is 7.98. The first-order valence-corrected chi connectivity index (χ1v) is 17.4. The first kappa shape index (κ1) is 28.5. The topological polar surface area (TPSA) is 56.5 Å². The molecule has 4 aromatic heterocycles. The molecule has 0 atom stereocenters. The van der Waals surface area contributed by atoms with Gasteiger partial charge in [0.1, 0.15) is 11.5 Å². The van der Waals surface area contributed by atoms with Gasteiger partial charge in [0.2, 0.25) is 0 Å². The molecule has 0 N–H and O–H groups in total. The summed E-state index contributed by atoms with van der Waals surface area (Å²) < 4.78 is 4.87. The van der Waals surface area contributed by atoms with Crippen LogP contribution in [-0.2, 0) is 0 Å². The molecule has 0 saturated heterocycles. The number of thiophene rings is 1. The highest BCUT2D eigenvalue weighted by atomic mass is 32.1. The van der Waals surface area contributed by atoms with Gasteiger partial charge in [0, 0.05) is 42.1 Å². The van der Waals surface area contributed by atoms with E-state index >= 15 is 0 Å². The summed E-state index contributed by atoms with van der Waals surface area (Å²) in [4.78, 5) is 20.0. The van der Waals surface area contributed by atoms with Crippen LogP contribution in [0.15, 0.2) is 164 Å². The number of nitrogens with zero attached hydrogens (tertiary/aromatic N) is 5. The second-order valence-electron chi connectivity index (χ2n) is 12.3. The summed E-state index contributed by atoms with van der Waals surface area (Å²) in [6.07, 6.45) is 0. The maximum absolute atomic E-state index is 5.24. The van der Waals surface area contributed by atoms with Gasteiger partial charge in [0.15, 0.2) is 17.5 Å². The van der Waals surface area contributed by atoms with Crippen LogP contribution in [0.3, 0.4) is 0 Å². The molecule has 6 heteroatoms. The van der Waals surface area contributed by atoms with Crippen LogP contribution in [0.5, 0.6) is 0 Å². The van der Waals surface area contributed by atoms with Gasteiger partial charge in [0.25, 0.3) is 0 Å². The third-order valence-electron chi connectivity index (χ3n) is 9.28. The normalized spacial score (nSPS) is 11.6. The Morgan fingerprint density at radius 2 is 0.960 bits per heavy atom. The summed E-state index contributed by atoms with van der Waals surface area (Å²) in [6, 6.07) is 56.9. The average molecular weight is 658 g/mol. The maximum atomic E-state index is 5.24.